The van der Waals surface area contributed by atoms with Crippen LogP contribution in [-0.2, 0) is 6.54 Å². The first-order valence-corrected chi connectivity index (χ1v) is 5.54. The second-order valence-electron chi connectivity index (χ2n) is 4.79. The van der Waals surface area contributed by atoms with Crippen LogP contribution in [0.5, 0.6) is 0 Å². The van der Waals surface area contributed by atoms with Gasteiger partial charge in [0.2, 0.25) is 0 Å². The normalized spacial score (nSPS) is 12.2. The summed E-state index contributed by atoms with van der Waals surface area (Å²) in [6.45, 7) is 4.34. The molecule has 4 heteroatoms. The lowest BCUT2D eigenvalue weighted by Gasteiger charge is -2.22. The topological polar surface area (TPSA) is 45.4 Å². The lowest BCUT2D eigenvalue weighted by atomic mass is 10.1. The summed E-state index contributed by atoms with van der Waals surface area (Å²) in [5.41, 5.74) is 0.314. The first-order chi connectivity index (χ1) is 8.00. The van der Waals surface area contributed by atoms with Crippen molar-refractivity contribution in [3.63, 3.8) is 0 Å². The Morgan fingerprint density at radius 2 is 2.12 bits per heavy atom. The van der Waals surface area contributed by atoms with Crippen LogP contribution < -0.4 is 5.32 Å². The summed E-state index contributed by atoms with van der Waals surface area (Å²) >= 11 is 0. The van der Waals surface area contributed by atoms with Gasteiger partial charge in [-0.15, -0.1) is 0 Å². The fourth-order valence-corrected chi connectivity index (χ4v) is 1.54. The van der Waals surface area contributed by atoms with Gasteiger partial charge in [-0.2, -0.15) is 0 Å². The summed E-state index contributed by atoms with van der Waals surface area (Å²) < 4.78 is 18.5. The Bertz CT molecular complexity index is 519. The number of hydrogen-bond donors (Lipinski definition) is 2. The molecule has 0 saturated heterocycles. The molecule has 2 aromatic rings. The number of nitrogens with one attached hydrogen (secondary N) is 1. The van der Waals surface area contributed by atoms with Crippen molar-refractivity contribution < 1.29 is 13.9 Å². The van der Waals surface area contributed by atoms with E-state index in [-0.39, 0.29) is 18.0 Å². The first kappa shape index (κ1) is 12.1. The van der Waals surface area contributed by atoms with Crippen molar-refractivity contribution in [2.24, 2.45) is 0 Å². The second kappa shape index (κ2) is 4.47. The zero-order valence-corrected chi connectivity index (χ0v) is 9.96. The Kier molecular flexibility index (Phi) is 3.17. The van der Waals surface area contributed by atoms with Gasteiger partial charge in [0.05, 0.1) is 13.2 Å². The molecule has 0 radical (unpaired) electrons. The highest BCUT2D eigenvalue weighted by atomic mass is 19.1. The number of fused-ring (bicyclic) bond motifs is 1. The molecule has 3 nitrogen and oxygen atoms in total. The van der Waals surface area contributed by atoms with E-state index in [1.165, 1.54) is 12.1 Å². The predicted molar refractivity (Wildman–Crippen MR) is 64.2 cm³/mol. The zero-order chi connectivity index (χ0) is 12.5. The number of halogens is 1. The predicted octanol–water partition coefficient (Wildman–Crippen LogP) is 2.43. The average Bonchev–Trinajstić information content (AvgIpc) is 2.68. The SMILES string of the molecule is CC(C)(CO)NCc1cc2cc(F)ccc2o1. The van der Waals surface area contributed by atoms with Gasteiger partial charge in [-0.1, -0.05) is 0 Å². The van der Waals surface area contributed by atoms with E-state index in [1.807, 2.05) is 13.8 Å². The van der Waals surface area contributed by atoms with E-state index >= 15 is 0 Å². The van der Waals surface area contributed by atoms with E-state index in [4.69, 9.17) is 9.52 Å². The van der Waals surface area contributed by atoms with E-state index in [2.05, 4.69) is 5.32 Å². The van der Waals surface area contributed by atoms with E-state index in [0.717, 1.165) is 11.1 Å². The number of hydrogen-bond acceptors (Lipinski definition) is 3. The molecule has 0 amide bonds. The highest BCUT2D eigenvalue weighted by Gasteiger charge is 2.16. The summed E-state index contributed by atoms with van der Waals surface area (Å²) in [7, 11) is 0. The van der Waals surface area contributed by atoms with E-state index < -0.39 is 0 Å². The van der Waals surface area contributed by atoms with Crippen LogP contribution in [0.4, 0.5) is 4.39 Å². The minimum Gasteiger partial charge on any atom is -0.460 e. The van der Waals surface area contributed by atoms with Crippen molar-refractivity contribution in [2.45, 2.75) is 25.9 Å². The lowest BCUT2D eigenvalue weighted by Crippen LogP contribution is -2.41. The van der Waals surface area contributed by atoms with E-state index in [0.29, 0.717) is 12.1 Å². The largest absolute Gasteiger partial charge is 0.460 e. The van der Waals surface area contributed by atoms with Crippen molar-refractivity contribution >= 4 is 11.0 Å². The Hall–Kier alpha value is -1.39. The lowest BCUT2D eigenvalue weighted by molar-refractivity contribution is 0.185. The van der Waals surface area contributed by atoms with Crippen LogP contribution in [0, 0.1) is 5.82 Å². The van der Waals surface area contributed by atoms with Crippen LogP contribution in [-0.4, -0.2) is 17.3 Å². The number of rotatable bonds is 4. The van der Waals surface area contributed by atoms with Crippen molar-refractivity contribution in [3.8, 4) is 0 Å². The Balaban J connectivity index is 2.15. The monoisotopic (exact) mass is 237 g/mol. The first-order valence-electron chi connectivity index (χ1n) is 5.54. The van der Waals surface area contributed by atoms with E-state index in [1.54, 1.807) is 12.1 Å². The minimum atomic E-state index is -0.357. The molecular weight excluding hydrogens is 221 g/mol. The molecular formula is C13H16FNO2. The highest BCUT2D eigenvalue weighted by molar-refractivity contribution is 5.77. The summed E-state index contributed by atoms with van der Waals surface area (Å²) in [6.07, 6.45) is 0. The van der Waals surface area contributed by atoms with Crippen molar-refractivity contribution in [1.29, 1.82) is 0 Å². The molecule has 17 heavy (non-hydrogen) atoms. The summed E-state index contributed by atoms with van der Waals surface area (Å²) in [5, 5.41) is 13.0. The fourth-order valence-electron chi connectivity index (χ4n) is 1.54. The molecule has 0 bridgehead atoms. The van der Waals surface area contributed by atoms with Gasteiger partial charge in [-0.25, -0.2) is 4.39 Å². The van der Waals surface area contributed by atoms with Crippen LogP contribution in [0.2, 0.25) is 0 Å². The molecule has 1 aromatic carbocycles. The van der Waals surface area contributed by atoms with Crippen LogP contribution in [0.3, 0.4) is 0 Å². The van der Waals surface area contributed by atoms with Crippen molar-refractivity contribution in [1.82, 2.24) is 5.32 Å². The molecule has 0 fully saturated rings. The van der Waals surface area contributed by atoms with Gasteiger partial charge < -0.3 is 14.8 Å². The number of benzene rings is 1. The van der Waals surface area contributed by atoms with Gasteiger partial charge >= 0.3 is 0 Å². The van der Waals surface area contributed by atoms with Crippen LogP contribution in [0.25, 0.3) is 11.0 Å². The van der Waals surface area contributed by atoms with E-state index in [9.17, 15) is 4.39 Å². The van der Waals surface area contributed by atoms with Gasteiger partial charge in [-0.05, 0) is 38.1 Å². The molecule has 0 saturated carbocycles. The molecule has 0 aliphatic rings. The maximum absolute atomic E-state index is 13.0. The number of aliphatic hydroxyl groups excluding tert-OH is 1. The maximum atomic E-state index is 13.0. The Morgan fingerprint density at radius 3 is 2.82 bits per heavy atom. The Labute approximate surface area is 99.2 Å². The van der Waals surface area contributed by atoms with Crippen molar-refractivity contribution in [2.75, 3.05) is 6.61 Å². The molecule has 1 aromatic heterocycles. The molecule has 0 unspecified atom stereocenters. The zero-order valence-electron chi connectivity index (χ0n) is 9.96. The molecule has 92 valence electrons. The third kappa shape index (κ3) is 2.84. The molecule has 2 N–H and O–H groups in total. The quantitative estimate of drug-likeness (QED) is 0.858. The summed E-state index contributed by atoms with van der Waals surface area (Å²) in [4.78, 5) is 0. The molecule has 0 spiro atoms. The maximum Gasteiger partial charge on any atom is 0.134 e. The number of furan rings is 1. The van der Waals surface area contributed by atoms with Crippen LogP contribution in [0.15, 0.2) is 28.7 Å². The molecule has 1 heterocycles. The van der Waals surface area contributed by atoms with Gasteiger partial charge in [0.25, 0.3) is 0 Å². The third-order valence-corrected chi connectivity index (χ3v) is 2.67. The summed E-state index contributed by atoms with van der Waals surface area (Å²) in [5.74, 6) is 0.459. The molecule has 0 aliphatic heterocycles. The standard InChI is InChI=1S/C13H16FNO2/c1-13(2,8-16)15-7-11-6-9-5-10(14)3-4-12(9)17-11/h3-6,15-16H,7-8H2,1-2H3. The smallest absolute Gasteiger partial charge is 0.134 e. The highest BCUT2D eigenvalue weighted by Crippen LogP contribution is 2.20. The van der Waals surface area contributed by atoms with Crippen LogP contribution >= 0.6 is 0 Å². The van der Waals surface area contributed by atoms with Gasteiger partial charge in [0.1, 0.15) is 17.2 Å². The molecule has 2 rings (SSSR count). The number of aliphatic hydroxyl groups is 1. The second-order valence-corrected chi connectivity index (χ2v) is 4.79. The fraction of sp³-hybridized carbons (Fsp3) is 0.385. The molecule has 0 aliphatic carbocycles. The van der Waals surface area contributed by atoms with Crippen molar-refractivity contribution in [3.05, 3.63) is 35.8 Å². The van der Waals surface area contributed by atoms with Gasteiger partial charge in [0, 0.05) is 10.9 Å². The van der Waals surface area contributed by atoms with Gasteiger partial charge in [0.15, 0.2) is 0 Å². The van der Waals surface area contributed by atoms with Crippen LogP contribution in [0.1, 0.15) is 19.6 Å². The third-order valence-electron chi connectivity index (χ3n) is 2.67. The average molecular weight is 237 g/mol. The van der Waals surface area contributed by atoms with Gasteiger partial charge in [-0.3, -0.25) is 0 Å². The minimum absolute atomic E-state index is 0.0435. The Morgan fingerprint density at radius 1 is 1.35 bits per heavy atom. The molecule has 0 atom stereocenters. The summed E-state index contributed by atoms with van der Waals surface area (Å²) in [6, 6.07) is 6.24.